The second-order valence-electron chi connectivity index (χ2n) is 8.28. The van der Waals surface area contributed by atoms with E-state index in [0.29, 0.717) is 11.5 Å². The van der Waals surface area contributed by atoms with Crippen molar-refractivity contribution < 1.29 is 0 Å². The minimum absolute atomic E-state index is 0.230. The molecule has 0 N–H and O–H groups in total. The molecule has 0 radical (unpaired) electrons. The quantitative estimate of drug-likeness (QED) is 0.587. The molecule has 2 aromatic heterocycles. The molecule has 0 aliphatic heterocycles. The van der Waals surface area contributed by atoms with Crippen LogP contribution in [-0.2, 0) is 12.5 Å². The molecule has 3 aliphatic carbocycles. The molecule has 28 heavy (non-hydrogen) atoms. The monoisotopic (exact) mass is 369 g/mol. The van der Waals surface area contributed by atoms with Gasteiger partial charge in [-0.15, -0.1) is 0 Å². The van der Waals surface area contributed by atoms with Crippen LogP contribution >= 0.6 is 0 Å². The number of fused-ring (bicyclic) bond motifs is 3. The molecule has 2 heterocycles. The van der Waals surface area contributed by atoms with E-state index in [1.54, 1.807) is 4.68 Å². The van der Waals surface area contributed by atoms with Gasteiger partial charge in [0.05, 0.1) is 18.0 Å². The van der Waals surface area contributed by atoms with Crippen LogP contribution in [0.5, 0.6) is 0 Å². The van der Waals surface area contributed by atoms with Crippen molar-refractivity contribution in [2.75, 3.05) is 0 Å². The van der Waals surface area contributed by atoms with Crippen LogP contribution in [0.3, 0.4) is 0 Å². The summed E-state index contributed by atoms with van der Waals surface area (Å²) in [5.74, 6) is 1.64. The molecule has 0 amide bonds. The van der Waals surface area contributed by atoms with Gasteiger partial charge in [-0.1, -0.05) is 0 Å². The highest BCUT2D eigenvalue weighted by Crippen LogP contribution is 2.51. The Bertz CT molecular complexity index is 1050. The van der Waals surface area contributed by atoms with Crippen molar-refractivity contribution in [2.45, 2.75) is 43.9 Å². The molecular formula is C23H23N5. The van der Waals surface area contributed by atoms with E-state index in [-0.39, 0.29) is 5.41 Å². The molecule has 0 spiro atoms. The van der Waals surface area contributed by atoms with E-state index in [1.165, 1.54) is 44.2 Å². The van der Waals surface area contributed by atoms with Gasteiger partial charge in [-0.05, 0) is 80.3 Å². The highest BCUT2D eigenvalue weighted by Gasteiger charge is 2.42. The van der Waals surface area contributed by atoms with Crippen LogP contribution in [0, 0.1) is 12.5 Å². The van der Waals surface area contributed by atoms with E-state index in [1.807, 2.05) is 43.7 Å². The van der Waals surface area contributed by atoms with Gasteiger partial charge in [0.15, 0.2) is 11.5 Å². The zero-order valence-corrected chi connectivity index (χ0v) is 16.1. The number of hydrogen-bond donors (Lipinski definition) is 0. The summed E-state index contributed by atoms with van der Waals surface area (Å²) in [6, 6.07) is 9.88. The third kappa shape index (κ3) is 2.90. The molecule has 1 aromatic carbocycles. The summed E-state index contributed by atoms with van der Waals surface area (Å²) < 4.78 is 1.77. The van der Waals surface area contributed by atoms with Crippen molar-refractivity contribution in [3.05, 3.63) is 59.8 Å². The molecule has 5 nitrogen and oxygen atoms in total. The molecule has 140 valence electrons. The maximum absolute atomic E-state index is 7.49. The molecule has 5 heteroatoms. The Kier molecular flexibility index (Phi) is 4.01. The summed E-state index contributed by atoms with van der Waals surface area (Å²) in [5.41, 5.74) is 4.67. The summed E-state index contributed by atoms with van der Waals surface area (Å²) in [6.45, 7) is 7.49. The number of aromatic nitrogens is 4. The zero-order chi connectivity index (χ0) is 19.1. The van der Waals surface area contributed by atoms with Gasteiger partial charge in [-0.2, -0.15) is 5.10 Å². The van der Waals surface area contributed by atoms with Gasteiger partial charge in [0.25, 0.3) is 0 Å². The van der Waals surface area contributed by atoms with Crippen LogP contribution in [0.25, 0.3) is 27.5 Å². The van der Waals surface area contributed by atoms with Crippen LogP contribution in [0.4, 0.5) is 5.69 Å². The maximum Gasteiger partial charge on any atom is 0.188 e. The molecule has 2 bridgehead atoms. The van der Waals surface area contributed by atoms with Crippen LogP contribution in [-0.4, -0.2) is 19.7 Å². The third-order valence-corrected chi connectivity index (χ3v) is 6.61. The summed E-state index contributed by atoms with van der Waals surface area (Å²) in [5, 5.41) is 4.48. The highest BCUT2D eigenvalue weighted by molar-refractivity contribution is 5.74. The fourth-order valence-electron chi connectivity index (χ4n) is 4.95. The van der Waals surface area contributed by atoms with Gasteiger partial charge < -0.3 is 0 Å². The number of rotatable bonds is 3. The Hall–Kier alpha value is -3.00. The fraction of sp³-hybridized carbons (Fsp3) is 0.391. The Labute approximate surface area is 165 Å². The molecule has 0 saturated heterocycles. The number of hydrogen-bond acceptors (Lipinski definition) is 3. The third-order valence-electron chi connectivity index (χ3n) is 6.61. The van der Waals surface area contributed by atoms with Crippen LogP contribution in [0.2, 0.25) is 0 Å². The summed E-state index contributed by atoms with van der Waals surface area (Å²) in [7, 11) is 1.90. The summed E-state index contributed by atoms with van der Waals surface area (Å²) in [4.78, 5) is 13.2. The first kappa shape index (κ1) is 17.1. The zero-order valence-electron chi connectivity index (χ0n) is 16.1. The van der Waals surface area contributed by atoms with E-state index in [4.69, 9.17) is 11.6 Å². The van der Waals surface area contributed by atoms with E-state index in [2.05, 4.69) is 21.0 Å². The number of benzene rings is 1. The molecule has 0 atom stereocenters. The van der Waals surface area contributed by atoms with E-state index < -0.39 is 0 Å². The van der Waals surface area contributed by atoms with Crippen molar-refractivity contribution in [3.8, 4) is 22.6 Å². The van der Waals surface area contributed by atoms with Crippen molar-refractivity contribution >= 4 is 5.69 Å². The first-order valence-corrected chi connectivity index (χ1v) is 10.0. The topological polar surface area (TPSA) is 48.0 Å². The van der Waals surface area contributed by atoms with Gasteiger partial charge in [0.2, 0.25) is 0 Å². The van der Waals surface area contributed by atoms with Crippen LogP contribution < -0.4 is 0 Å². The van der Waals surface area contributed by atoms with Crippen molar-refractivity contribution in [1.29, 1.82) is 0 Å². The predicted molar refractivity (Wildman–Crippen MR) is 109 cm³/mol. The standard InChI is InChI=1S/C23H23N5/c1-24-19-14-17(20-7-12-28(2)27-20)13-18(15-19)22-25-11-6-21(26-22)23-8-3-16(4-9-23)5-10-23/h6-7,11-16H,3-5,8-10H2,2H3. The van der Waals surface area contributed by atoms with Gasteiger partial charge in [0.1, 0.15) is 0 Å². The highest BCUT2D eigenvalue weighted by atomic mass is 15.2. The second-order valence-corrected chi connectivity index (χ2v) is 8.28. The minimum atomic E-state index is 0.230. The van der Waals surface area contributed by atoms with Crippen LogP contribution in [0.15, 0.2) is 42.7 Å². The molecular weight excluding hydrogens is 346 g/mol. The van der Waals surface area contributed by atoms with Crippen molar-refractivity contribution in [3.63, 3.8) is 0 Å². The SMILES string of the molecule is [C-]#[N+]c1cc(-c2ccn(C)n2)cc(-c2nccc(C34CCC(CC3)CC4)n2)c1. The van der Waals surface area contributed by atoms with Gasteiger partial charge in [-0.3, -0.25) is 4.68 Å². The average molecular weight is 369 g/mol. The normalized spacial score (nSPS) is 23.5. The average Bonchev–Trinajstić information content (AvgIpc) is 3.21. The van der Waals surface area contributed by atoms with E-state index in [0.717, 1.165) is 22.7 Å². The molecule has 3 saturated carbocycles. The van der Waals surface area contributed by atoms with E-state index >= 15 is 0 Å². The number of nitrogens with zero attached hydrogens (tertiary/aromatic N) is 5. The predicted octanol–water partition coefficient (Wildman–Crippen LogP) is 5.32. The Morgan fingerprint density at radius 2 is 1.82 bits per heavy atom. The molecule has 3 fully saturated rings. The minimum Gasteiger partial charge on any atom is -0.275 e. The smallest absolute Gasteiger partial charge is 0.188 e. The van der Waals surface area contributed by atoms with Gasteiger partial charge >= 0.3 is 0 Å². The number of aryl methyl sites for hydroxylation is 1. The lowest BCUT2D eigenvalue weighted by atomic mass is 9.59. The summed E-state index contributed by atoms with van der Waals surface area (Å²) >= 11 is 0. The van der Waals surface area contributed by atoms with Crippen molar-refractivity contribution in [2.24, 2.45) is 13.0 Å². The second kappa shape index (κ2) is 6.56. The van der Waals surface area contributed by atoms with Crippen LogP contribution in [0.1, 0.15) is 44.2 Å². The molecule has 6 rings (SSSR count). The largest absolute Gasteiger partial charge is 0.275 e. The Morgan fingerprint density at radius 1 is 1.07 bits per heavy atom. The first-order valence-electron chi connectivity index (χ1n) is 10.0. The molecule has 3 aromatic rings. The van der Waals surface area contributed by atoms with E-state index in [9.17, 15) is 0 Å². The summed E-state index contributed by atoms with van der Waals surface area (Å²) in [6.07, 6.45) is 11.5. The van der Waals surface area contributed by atoms with Gasteiger partial charge in [-0.25, -0.2) is 14.8 Å². The maximum atomic E-state index is 7.49. The lowest BCUT2D eigenvalue weighted by Gasteiger charge is -2.46. The lowest BCUT2D eigenvalue weighted by Crippen LogP contribution is -2.38. The Morgan fingerprint density at radius 3 is 2.50 bits per heavy atom. The lowest BCUT2D eigenvalue weighted by molar-refractivity contribution is 0.132. The Balaban J connectivity index is 1.57. The molecule has 3 aliphatic rings. The molecule has 0 unspecified atom stereocenters. The fourth-order valence-corrected chi connectivity index (χ4v) is 4.95. The first-order chi connectivity index (χ1) is 13.6. The van der Waals surface area contributed by atoms with Gasteiger partial charge in [0, 0.05) is 30.4 Å². The van der Waals surface area contributed by atoms with Crippen molar-refractivity contribution in [1.82, 2.24) is 19.7 Å².